The Hall–Kier alpha value is -3.60. The number of rotatable bonds is 9. The molecule has 0 radical (unpaired) electrons. The molecule has 3 aromatic rings. The van der Waals surface area contributed by atoms with Gasteiger partial charge in [0.25, 0.3) is 0 Å². The summed E-state index contributed by atoms with van der Waals surface area (Å²) in [6, 6.07) is 26.2. The van der Waals surface area contributed by atoms with Gasteiger partial charge in [-0.3, -0.25) is 0 Å². The van der Waals surface area contributed by atoms with Crippen LogP contribution in [0.3, 0.4) is 0 Å². The maximum Gasteiger partial charge on any atom is 0.341 e. The number of oxime groups is 1. The van der Waals surface area contributed by atoms with Gasteiger partial charge in [0.05, 0.1) is 5.71 Å². The monoisotopic (exact) mass is 443 g/mol. The molecule has 1 atom stereocenters. The predicted molar refractivity (Wildman–Crippen MR) is 129 cm³/mol. The minimum absolute atomic E-state index is 0.247. The van der Waals surface area contributed by atoms with Crippen molar-refractivity contribution in [2.75, 3.05) is 6.61 Å². The largest absolute Gasteiger partial charge is 0.482 e. The summed E-state index contributed by atoms with van der Waals surface area (Å²) in [5.74, 6) is 0.194. The fourth-order valence-corrected chi connectivity index (χ4v) is 4.46. The molecular weight excluding hydrogens is 414 g/mol. The van der Waals surface area contributed by atoms with Crippen LogP contribution in [0.1, 0.15) is 48.1 Å². The van der Waals surface area contributed by atoms with Crippen molar-refractivity contribution >= 4 is 11.7 Å². The van der Waals surface area contributed by atoms with Gasteiger partial charge in [-0.25, -0.2) is 4.79 Å². The van der Waals surface area contributed by atoms with E-state index in [1.807, 2.05) is 55.5 Å². The Bertz CT molecular complexity index is 1060. The Balaban J connectivity index is 1.42. The van der Waals surface area contributed by atoms with Gasteiger partial charge in [0.15, 0.2) is 12.7 Å². The lowest BCUT2D eigenvalue weighted by molar-refractivity contribution is -0.139. The summed E-state index contributed by atoms with van der Waals surface area (Å²) in [7, 11) is 0. The van der Waals surface area contributed by atoms with Crippen LogP contribution in [0.5, 0.6) is 5.75 Å². The van der Waals surface area contributed by atoms with Crippen LogP contribution in [0, 0.1) is 5.92 Å². The summed E-state index contributed by atoms with van der Waals surface area (Å²) >= 11 is 0. The molecule has 0 saturated carbocycles. The summed E-state index contributed by atoms with van der Waals surface area (Å²) in [6.45, 7) is 1.71. The van der Waals surface area contributed by atoms with E-state index in [2.05, 4.69) is 35.5 Å². The lowest BCUT2D eigenvalue weighted by Crippen LogP contribution is -2.19. The number of carboxylic acids is 1. The third-order valence-electron chi connectivity index (χ3n) is 6.00. The van der Waals surface area contributed by atoms with Crippen LogP contribution in [0.25, 0.3) is 0 Å². The minimum atomic E-state index is -0.961. The van der Waals surface area contributed by atoms with Gasteiger partial charge in [-0.2, -0.15) is 0 Å². The van der Waals surface area contributed by atoms with Crippen molar-refractivity contribution in [3.05, 3.63) is 101 Å². The van der Waals surface area contributed by atoms with Crippen molar-refractivity contribution in [2.24, 2.45) is 11.1 Å². The second kappa shape index (κ2) is 10.8. The number of nitrogens with zero attached hydrogens (tertiary/aromatic N) is 1. The van der Waals surface area contributed by atoms with E-state index < -0.39 is 5.97 Å². The van der Waals surface area contributed by atoms with Gasteiger partial charge in [0.2, 0.25) is 0 Å². The number of fused-ring (bicyclic) bond motifs is 1. The van der Waals surface area contributed by atoms with E-state index in [9.17, 15) is 4.79 Å². The zero-order valence-electron chi connectivity index (χ0n) is 18.8. The highest BCUT2D eigenvalue weighted by Crippen LogP contribution is 2.34. The standard InChI is InChI=1S/C28H29NO4/c1-20(29-33-28(22-9-4-2-5-10-22)23-11-6-3-7-12-23)17-21-15-16-25-24(18-21)13-8-14-26(25)32-19-27(30)31/h2-14,21,28H,15-19H2,1H3,(H,30,31)/b29-20+. The molecule has 0 saturated heterocycles. The molecule has 33 heavy (non-hydrogen) atoms. The molecule has 0 bridgehead atoms. The fraction of sp³-hybridized carbons (Fsp3) is 0.286. The van der Waals surface area contributed by atoms with E-state index in [-0.39, 0.29) is 12.7 Å². The molecule has 1 aliphatic carbocycles. The molecule has 4 rings (SSSR count). The van der Waals surface area contributed by atoms with E-state index >= 15 is 0 Å². The molecule has 0 fully saturated rings. The van der Waals surface area contributed by atoms with Crippen molar-refractivity contribution in [3.8, 4) is 5.75 Å². The Kier molecular flexibility index (Phi) is 7.40. The predicted octanol–water partition coefficient (Wildman–Crippen LogP) is 5.83. The Labute approximate surface area is 194 Å². The topological polar surface area (TPSA) is 68.1 Å². The molecule has 3 aromatic carbocycles. The van der Waals surface area contributed by atoms with Crippen LogP contribution in [0.2, 0.25) is 0 Å². The van der Waals surface area contributed by atoms with Gasteiger partial charge in [-0.05, 0) is 66.8 Å². The van der Waals surface area contributed by atoms with Gasteiger partial charge in [-0.15, -0.1) is 0 Å². The van der Waals surface area contributed by atoms with Gasteiger partial charge >= 0.3 is 5.97 Å². The average Bonchev–Trinajstić information content (AvgIpc) is 2.84. The number of carboxylic acid groups (broad SMARTS) is 1. The molecule has 0 aromatic heterocycles. The minimum Gasteiger partial charge on any atom is -0.482 e. The number of ether oxygens (including phenoxy) is 1. The van der Waals surface area contributed by atoms with Crippen LogP contribution >= 0.6 is 0 Å². The van der Waals surface area contributed by atoms with Crippen LogP contribution in [0.15, 0.2) is 84.0 Å². The molecule has 0 amide bonds. The second-order valence-electron chi connectivity index (χ2n) is 8.52. The normalized spacial score (nSPS) is 15.7. The lowest BCUT2D eigenvalue weighted by atomic mass is 9.81. The van der Waals surface area contributed by atoms with Gasteiger partial charge in [0.1, 0.15) is 5.75 Å². The van der Waals surface area contributed by atoms with Crippen molar-refractivity contribution in [3.63, 3.8) is 0 Å². The van der Waals surface area contributed by atoms with E-state index in [0.29, 0.717) is 11.7 Å². The first-order valence-corrected chi connectivity index (χ1v) is 11.3. The van der Waals surface area contributed by atoms with E-state index in [1.54, 1.807) is 0 Å². The highest BCUT2D eigenvalue weighted by atomic mass is 16.6. The summed E-state index contributed by atoms with van der Waals surface area (Å²) in [5.41, 5.74) is 5.48. The van der Waals surface area contributed by atoms with E-state index in [0.717, 1.165) is 48.1 Å². The maximum atomic E-state index is 10.9. The smallest absolute Gasteiger partial charge is 0.341 e. The molecule has 5 heteroatoms. The summed E-state index contributed by atoms with van der Waals surface area (Å²) < 4.78 is 5.49. The molecule has 0 aliphatic heterocycles. The Morgan fingerprint density at radius 3 is 2.30 bits per heavy atom. The summed E-state index contributed by atoms with van der Waals surface area (Å²) in [5, 5.41) is 13.4. The zero-order chi connectivity index (χ0) is 23.0. The molecule has 1 N–H and O–H groups in total. The molecule has 0 heterocycles. The second-order valence-corrected chi connectivity index (χ2v) is 8.52. The molecule has 0 spiro atoms. The van der Waals surface area contributed by atoms with Gasteiger partial charge < -0.3 is 14.7 Å². The van der Waals surface area contributed by atoms with Crippen LogP contribution in [0.4, 0.5) is 0 Å². The van der Waals surface area contributed by atoms with E-state index in [1.165, 1.54) is 5.56 Å². The maximum absolute atomic E-state index is 10.9. The third kappa shape index (κ3) is 6.01. The third-order valence-corrected chi connectivity index (χ3v) is 6.00. The molecule has 1 aliphatic rings. The molecule has 5 nitrogen and oxygen atoms in total. The fourth-order valence-electron chi connectivity index (χ4n) is 4.46. The summed E-state index contributed by atoms with van der Waals surface area (Å²) in [6.07, 6.45) is 3.42. The molecule has 170 valence electrons. The quantitative estimate of drug-likeness (QED) is 0.334. The van der Waals surface area contributed by atoms with Gasteiger partial charge in [-0.1, -0.05) is 78.0 Å². The molecule has 1 unspecified atom stereocenters. The Morgan fingerprint density at radius 1 is 1.00 bits per heavy atom. The van der Waals surface area contributed by atoms with Crippen LogP contribution in [-0.2, 0) is 22.5 Å². The van der Waals surface area contributed by atoms with Gasteiger partial charge in [0, 0.05) is 0 Å². The van der Waals surface area contributed by atoms with Crippen molar-refractivity contribution < 1.29 is 19.5 Å². The first kappa shape index (κ1) is 22.6. The number of hydrogen-bond donors (Lipinski definition) is 1. The SMILES string of the molecule is C/C(CC1CCc2c(cccc2OCC(=O)O)C1)=N\OC(c1ccccc1)c1ccccc1. The summed E-state index contributed by atoms with van der Waals surface area (Å²) in [4.78, 5) is 16.9. The van der Waals surface area contributed by atoms with Crippen molar-refractivity contribution in [1.29, 1.82) is 0 Å². The number of aliphatic carboxylic acids is 1. The average molecular weight is 444 g/mol. The highest BCUT2D eigenvalue weighted by Gasteiger charge is 2.23. The van der Waals surface area contributed by atoms with Crippen LogP contribution in [-0.4, -0.2) is 23.4 Å². The van der Waals surface area contributed by atoms with Crippen molar-refractivity contribution in [1.82, 2.24) is 0 Å². The number of benzene rings is 3. The van der Waals surface area contributed by atoms with Crippen molar-refractivity contribution in [2.45, 2.75) is 38.7 Å². The van der Waals surface area contributed by atoms with E-state index in [4.69, 9.17) is 14.7 Å². The highest BCUT2D eigenvalue weighted by molar-refractivity contribution is 5.81. The molecular formula is C28H29NO4. The number of carbonyl (C=O) groups is 1. The zero-order valence-corrected chi connectivity index (χ0v) is 18.8. The lowest BCUT2D eigenvalue weighted by Gasteiger charge is -2.26. The first-order chi connectivity index (χ1) is 16.1. The number of hydrogen-bond acceptors (Lipinski definition) is 4. The van der Waals surface area contributed by atoms with Crippen LogP contribution < -0.4 is 4.74 Å². The Morgan fingerprint density at radius 2 is 1.67 bits per heavy atom. The first-order valence-electron chi connectivity index (χ1n) is 11.3.